The van der Waals surface area contributed by atoms with Gasteiger partial charge in [-0.3, -0.25) is 14.9 Å². The lowest BCUT2D eigenvalue weighted by molar-refractivity contribution is -0.383. The number of rotatable bonds is 2. The summed E-state index contributed by atoms with van der Waals surface area (Å²) in [5.74, 6) is -1.30. The molecule has 1 aromatic heterocycles. The highest BCUT2D eigenvalue weighted by Crippen LogP contribution is 2.26. The first-order valence-electron chi connectivity index (χ1n) is 9.69. The van der Waals surface area contributed by atoms with Gasteiger partial charge in [-0.25, -0.2) is 9.78 Å². The highest BCUT2D eigenvalue weighted by atomic mass is 16.6. The second-order valence-corrected chi connectivity index (χ2v) is 8.17. The van der Waals surface area contributed by atoms with Gasteiger partial charge in [-0.1, -0.05) is 18.2 Å². The number of amides is 1. The van der Waals surface area contributed by atoms with Gasteiger partial charge in [0.1, 0.15) is 11.1 Å². The molecule has 2 aromatic rings. The number of aromatic nitrogens is 1. The summed E-state index contributed by atoms with van der Waals surface area (Å²) in [5.41, 5.74) is 0.662. The number of carboxylic acid groups (broad SMARTS) is 1. The number of carbonyl (C=O) groups excluding carboxylic acids is 1. The first-order chi connectivity index (χ1) is 14.0. The van der Waals surface area contributed by atoms with Crippen LogP contribution in [0.3, 0.4) is 0 Å². The van der Waals surface area contributed by atoms with Gasteiger partial charge in [0.05, 0.1) is 10.8 Å². The number of hydrogen-bond acceptors (Lipinski definition) is 6. The summed E-state index contributed by atoms with van der Waals surface area (Å²) in [5, 5.41) is 20.5. The smallest absolute Gasteiger partial charge is 0.410 e. The topological polar surface area (TPSA) is 123 Å². The van der Waals surface area contributed by atoms with Crippen LogP contribution in [0.4, 0.5) is 10.5 Å². The zero-order chi connectivity index (χ0) is 22.5. The third-order valence-corrected chi connectivity index (χ3v) is 4.55. The van der Waals surface area contributed by atoms with Crippen LogP contribution in [0.1, 0.15) is 39.2 Å². The molecule has 0 saturated carbocycles. The molecular weight excluding hydrogens is 390 g/mol. The Morgan fingerprint density at radius 1 is 1.30 bits per heavy atom. The molecule has 1 aliphatic heterocycles. The number of aryl methyl sites for hydroxylation is 1. The van der Waals surface area contributed by atoms with Crippen LogP contribution in [0.2, 0.25) is 0 Å². The van der Waals surface area contributed by atoms with Crippen molar-refractivity contribution in [3.05, 3.63) is 46.1 Å². The third-order valence-electron chi connectivity index (χ3n) is 4.55. The number of aliphatic carboxylic acids is 1. The van der Waals surface area contributed by atoms with Crippen molar-refractivity contribution < 1.29 is 24.4 Å². The summed E-state index contributed by atoms with van der Waals surface area (Å²) in [6.45, 7) is 7.94. The van der Waals surface area contributed by atoms with Crippen molar-refractivity contribution in [3.8, 4) is 0 Å². The summed E-state index contributed by atoms with van der Waals surface area (Å²) in [6.07, 6.45) is 2.50. The first kappa shape index (κ1) is 23.1. The van der Waals surface area contributed by atoms with E-state index < -0.39 is 23.6 Å². The van der Waals surface area contributed by atoms with Crippen LogP contribution in [0.15, 0.2) is 30.5 Å². The van der Waals surface area contributed by atoms with E-state index in [0.717, 1.165) is 11.8 Å². The molecule has 1 aliphatic rings. The van der Waals surface area contributed by atoms with E-state index in [0.29, 0.717) is 24.0 Å². The highest BCUT2D eigenvalue weighted by molar-refractivity contribution is 5.88. The zero-order valence-corrected chi connectivity index (χ0v) is 17.6. The molecular formula is C21H27N3O6. The molecule has 9 heteroatoms. The summed E-state index contributed by atoms with van der Waals surface area (Å²) >= 11 is 0. The van der Waals surface area contributed by atoms with E-state index in [1.165, 1.54) is 4.90 Å². The number of nitro groups is 1. The number of ether oxygens (including phenoxy) is 1. The van der Waals surface area contributed by atoms with Gasteiger partial charge >= 0.3 is 12.1 Å². The van der Waals surface area contributed by atoms with Crippen molar-refractivity contribution in [1.29, 1.82) is 0 Å². The fourth-order valence-corrected chi connectivity index (χ4v) is 3.13. The third kappa shape index (κ3) is 6.13. The fourth-order valence-electron chi connectivity index (χ4n) is 3.13. The molecule has 2 heterocycles. The van der Waals surface area contributed by atoms with E-state index in [4.69, 9.17) is 9.84 Å². The Kier molecular flexibility index (Phi) is 7.31. The van der Waals surface area contributed by atoms with Crippen LogP contribution in [0.25, 0.3) is 10.9 Å². The Hall–Kier alpha value is -3.23. The number of piperidine rings is 1. The Bertz CT molecular complexity index is 938. The second kappa shape index (κ2) is 9.51. The van der Waals surface area contributed by atoms with Crippen LogP contribution in [0, 0.1) is 23.0 Å². The van der Waals surface area contributed by atoms with E-state index in [1.807, 2.05) is 12.1 Å². The largest absolute Gasteiger partial charge is 0.481 e. The number of nitrogens with zero attached hydrogens (tertiary/aromatic N) is 3. The maximum atomic E-state index is 11.7. The highest BCUT2D eigenvalue weighted by Gasteiger charge is 2.30. The average molecular weight is 417 g/mol. The number of carboxylic acids is 1. The Labute approximate surface area is 174 Å². The molecule has 0 spiro atoms. The molecule has 1 N–H and O–H groups in total. The second-order valence-electron chi connectivity index (χ2n) is 8.17. The SMILES string of the molecule is CC(C)(C)OC(=O)N1CCCC(C(=O)O)C1.Cc1ccc2cccnc2c1[N+](=O)[O-]. The number of benzene rings is 1. The van der Waals surface area contributed by atoms with Crippen molar-refractivity contribution in [3.63, 3.8) is 0 Å². The normalized spacial score (nSPS) is 16.4. The Morgan fingerprint density at radius 3 is 2.60 bits per heavy atom. The first-order valence-corrected chi connectivity index (χ1v) is 9.69. The minimum atomic E-state index is -0.840. The molecule has 1 amide bonds. The fraction of sp³-hybridized carbons (Fsp3) is 0.476. The quantitative estimate of drug-likeness (QED) is 0.574. The van der Waals surface area contributed by atoms with E-state index >= 15 is 0 Å². The average Bonchev–Trinajstić information content (AvgIpc) is 2.67. The molecule has 30 heavy (non-hydrogen) atoms. The van der Waals surface area contributed by atoms with Crippen LogP contribution in [0.5, 0.6) is 0 Å². The van der Waals surface area contributed by atoms with E-state index in [-0.39, 0.29) is 17.2 Å². The van der Waals surface area contributed by atoms with Gasteiger partial charge in [-0.05, 0) is 46.6 Å². The molecule has 1 fully saturated rings. The van der Waals surface area contributed by atoms with Crippen molar-refractivity contribution in [2.75, 3.05) is 13.1 Å². The summed E-state index contributed by atoms with van der Waals surface area (Å²) in [7, 11) is 0. The Morgan fingerprint density at radius 2 is 2.00 bits per heavy atom. The number of nitro benzene ring substituents is 1. The van der Waals surface area contributed by atoms with Gasteiger partial charge in [0.15, 0.2) is 0 Å². The molecule has 1 atom stereocenters. The van der Waals surface area contributed by atoms with Crippen molar-refractivity contribution in [2.24, 2.45) is 5.92 Å². The predicted octanol–water partition coefficient (Wildman–Crippen LogP) is 4.17. The standard InChI is InChI=1S/C11H19NO4.C10H8N2O2/c1-11(2,3)16-10(15)12-6-4-5-8(7-12)9(13)14;1-7-4-5-8-3-2-6-11-9(8)10(7)12(13)14/h8H,4-7H2,1-3H3,(H,13,14);2-6H,1H3. The van der Waals surface area contributed by atoms with Gasteiger partial charge in [0.2, 0.25) is 0 Å². The molecule has 1 saturated heterocycles. The van der Waals surface area contributed by atoms with Crippen LogP contribution < -0.4 is 0 Å². The lowest BCUT2D eigenvalue weighted by Crippen LogP contribution is -2.44. The van der Waals surface area contributed by atoms with E-state index in [2.05, 4.69) is 4.98 Å². The monoisotopic (exact) mass is 417 g/mol. The minimum Gasteiger partial charge on any atom is -0.481 e. The molecule has 0 radical (unpaired) electrons. The number of carbonyl (C=O) groups is 2. The predicted molar refractivity (Wildman–Crippen MR) is 111 cm³/mol. The van der Waals surface area contributed by atoms with E-state index in [9.17, 15) is 19.7 Å². The number of pyridine rings is 1. The van der Waals surface area contributed by atoms with Gasteiger partial charge < -0.3 is 14.7 Å². The van der Waals surface area contributed by atoms with Crippen molar-refractivity contribution >= 4 is 28.7 Å². The molecule has 0 bridgehead atoms. The number of hydrogen-bond donors (Lipinski definition) is 1. The summed E-state index contributed by atoms with van der Waals surface area (Å²) in [4.78, 5) is 38.4. The molecule has 3 rings (SSSR count). The Balaban J connectivity index is 0.000000215. The van der Waals surface area contributed by atoms with Crippen molar-refractivity contribution in [2.45, 2.75) is 46.1 Å². The summed E-state index contributed by atoms with van der Waals surface area (Å²) in [6, 6.07) is 7.16. The maximum absolute atomic E-state index is 11.7. The molecule has 0 aliphatic carbocycles. The van der Waals surface area contributed by atoms with Gasteiger partial charge in [-0.15, -0.1) is 0 Å². The van der Waals surface area contributed by atoms with Gasteiger partial charge in [0.25, 0.3) is 5.69 Å². The molecule has 9 nitrogen and oxygen atoms in total. The summed E-state index contributed by atoms with van der Waals surface area (Å²) < 4.78 is 5.20. The van der Waals surface area contributed by atoms with Gasteiger partial charge in [-0.2, -0.15) is 0 Å². The molecule has 162 valence electrons. The maximum Gasteiger partial charge on any atom is 0.410 e. The minimum absolute atomic E-state index is 0.100. The van der Waals surface area contributed by atoms with Crippen molar-refractivity contribution in [1.82, 2.24) is 9.88 Å². The van der Waals surface area contributed by atoms with Crippen LogP contribution >= 0.6 is 0 Å². The molecule has 1 unspecified atom stereocenters. The lowest BCUT2D eigenvalue weighted by atomic mass is 9.99. The van der Waals surface area contributed by atoms with Crippen LogP contribution in [-0.4, -0.2) is 50.7 Å². The van der Waals surface area contributed by atoms with Crippen LogP contribution in [-0.2, 0) is 9.53 Å². The molecule has 1 aromatic carbocycles. The lowest BCUT2D eigenvalue weighted by Gasteiger charge is -2.32. The van der Waals surface area contributed by atoms with Gasteiger partial charge in [0, 0.05) is 30.2 Å². The number of likely N-dealkylation sites (tertiary alicyclic amines) is 1. The van der Waals surface area contributed by atoms with E-state index in [1.54, 1.807) is 46.0 Å². The number of fused-ring (bicyclic) bond motifs is 1. The zero-order valence-electron chi connectivity index (χ0n) is 17.6.